The van der Waals surface area contributed by atoms with Gasteiger partial charge in [0.15, 0.2) is 0 Å². The molecule has 7 heteroatoms. The molecule has 0 radical (unpaired) electrons. The summed E-state index contributed by atoms with van der Waals surface area (Å²) in [6.07, 6.45) is 3.03. The number of anilines is 1. The maximum atomic E-state index is 11.5. The highest BCUT2D eigenvalue weighted by Crippen LogP contribution is 2.22. The van der Waals surface area contributed by atoms with Crippen molar-refractivity contribution >= 4 is 26.7 Å². The van der Waals surface area contributed by atoms with Gasteiger partial charge >= 0.3 is 0 Å². The van der Waals surface area contributed by atoms with Crippen LogP contribution in [-0.2, 0) is 10.0 Å². The lowest BCUT2D eigenvalue weighted by Gasteiger charge is -2.30. The van der Waals surface area contributed by atoms with Crippen LogP contribution in [0, 0.1) is 5.92 Å². The van der Waals surface area contributed by atoms with Gasteiger partial charge in [-0.3, -0.25) is 0 Å². The minimum atomic E-state index is -3.06. The van der Waals surface area contributed by atoms with Crippen LogP contribution in [0.15, 0.2) is 30.3 Å². The molecule has 0 spiro atoms. The van der Waals surface area contributed by atoms with Crippen LogP contribution < -0.4 is 10.1 Å². The molecule has 24 heavy (non-hydrogen) atoms. The summed E-state index contributed by atoms with van der Waals surface area (Å²) in [6, 6.07) is 9.85. The molecule has 0 aliphatic carbocycles. The number of fused-ring (bicyclic) bond motifs is 1. The molecule has 0 saturated carbocycles. The van der Waals surface area contributed by atoms with Crippen molar-refractivity contribution < 1.29 is 13.2 Å². The third-order valence-electron chi connectivity index (χ3n) is 4.51. The van der Waals surface area contributed by atoms with E-state index >= 15 is 0 Å². The van der Waals surface area contributed by atoms with Crippen molar-refractivity contribution in [3.8, 4) is 5.75 Å². The van der Waals surface area contributed by atoms with Crippen molar-refractivity contribution in [1.29, 1.82) is 0 Å². The number of hydrogen-bond acceptors (Lipinski definition) is 5. The lowest BCUT2D eigenvalue weighted by Crippen LogP contribution is -2.39. The highest BCUT2D eigenvalue weighted by Gasteiger charge is 2.24. The predicted octanol–water partition coefficient (Wildman–Crippen LogP) is 2.33. The minimum absolute atomic E-state index is 0.464. The van der Waals surface area contributed by atoms with Crippen molar-refractivity contribution in [2.75, 3.05) is 38.3 Å². The smallest absolute Gasteiger partial charge is 0.211 e. The number of pyridine rings is 1. The quantitative estimate of drug-likeness (QED) is 0.897. The average Bonchev–Trinajstić information content (AvgIpc) is 2.58. The fourth-order valence-electron chi connectivity index (χ4n) is 3.02. The van der Waals surface area contributed by atoms with E-state index in [4.69, 9.17) is 4.74 Å². The number of ether oxygens (including phenoxy) is 1. The first kappa shape index (κ1) is 17.0. The number of hydrogen-bond donors (Lipinski definition) is 1. The first-order chi connectivity index (χ1) is 11.5. The van der Waals surface area contributed by atoms with Crippen LogP contribution in [0.25, 0.3) is 10.9 Å². The largest absolute Gasteiger partial charge is 0.497 e. The summed E-state index contributed by atoms with van der Waals surface area (Å²) in [5.74, 6) is 2.09. The molecule has 1 saturated heterocycles. The average molecular weight is 349 g/mol. The molecule has 1 aliphatic rings. The van der Waals surface area contributed by atoms with Crippen LogP contribution in [0.5, 0.6) is 5.75 Å². The van der Waals surface area contributed by atoms with E-state index in [0.29, 0.717) is 19.0 Å². The zero-order valence-electron chi connectivity index (χ0n) is 14.0. The zero-order chi connectivity index (χ0) is 17.2. The molecule has 6 nitrogen and oxygen atoms in total. The molecule has 130 valence electrons. The second-order valence-electron chi connectivity index (χ2n) is 6.24. The van der Waals surface area contributed by atoms with Crippen molar-refractivity contribution in [1.82, 2.24) is 9.29 Å². The lowest BCUT2D eigenvalue weighted by atomic mass is 9.98. The summed E-state index contributed by atoms with van der Waals surface area (Å²) in [5.41, 5.74) is 0.895. The Morgan fingerprint density at radius 1 is 1.25 bits per heavy atom. The van der Waals surface area contributed by atoms with E-state index in [-0.39, 0.29) is 0 Å². The molecule has 1 aliphatic heterocycles. The molecule has 0 unspecified atom stereocenters. The number of benzene rings is 1. The van der Waals surface area contributed by atoms with E-state index in [0.717, 1.165) is 41.9 Å². The molecule has 1 aromatic carbocycles. The van der Waals surface area contributed by atoms with E-state index in [1.54, 1.807) is 11.4 Å². The molecule has 1 aromatic heterocycles. The number of nitrogens with zero attached hydrogens (tertiary/aromatic N) is 2. The number of rotatable bonds is 5. The Bertz CT molecular complexity index is 815. The third kappa shape index (κ3) is 3.96. The summed E-state index contributed by atoms with van der Waals surface area (Å²) >= 11 is 0. The number of nitrogens with one attached hydrogen (secondary N) is 1. The Labute approximate surface area is 142 Å². The Hall–Kier alpha value is -1.86. The van der Waals surface area contributed by atoms with E-state index in [1.165, 1.54) is 6.26 Å². The first-order valence-electron chi connectivity index (χ1n) is 8.09. The van der Waals surface area contributed by atoms with Gasteiger partial charge in [-0.05, 0) is 43.0 Å². The summed E-state index contributed by atoms with van der Waals surface area (Å²) in [7, 11) is -1.41. The molecule has 1 fully saturated rings. The van der Waals surface area contributed by atoms with Crippen molar-refractivity contribution in [2.45, 2.75) is 12.8 Å². The van der Waals surface area contributed by atoms with Gasteiger partial charge in [0, 0.05) is 31.1 Å². The SMILES string of the molecule is COc1ccc2ccc(NCC3CCN(S(C)(=O)=O)CC3)nc2c1. The van der Waals surface area contributed by atoms with Gasteiger partial charge in [-0.2, -0.15) is 0 Å². The summed E-state index contributed by atoms with van der Waals surface area (Å²) in [4.78, 5) is 4.63. The van der Waals surface area contributed by atoms with Gasteiger partial charge in [0.2, 0.25) is 10.0 Å². The number of piperidine rings is 1. The van der Waals surface area contributed by atoms with Crippen molar-refractivity contribution in [3.63, 3.8) is 0 Å². The normalized spacial score (nSPS) is 17.1. The van der Waals surface area contributed by atoms with Gasteiger partial charge in [0.25, 0.3) is 0 Å². The van der Waals surface area contributed by atoms with Gasteiger partial charge in [0.1, 0.15) is 11.6 Å². The predicted molar refractivity (Wildman–Crippen MR) is 95.9 cm³/mol. The van der Waals surface area contributed by atoms with Crippen molar-refractivity contribution in [3.05, 3.63) is 30.3 Å². The third-order valence-corrected chi connectivity index (χ3v) is 5.82. The van der Waals surface area contributed by atoms with Crippen LogP contribution in [0.2, 0.25) is 0 Å². The Morgan fingerprint density at radius 2 is 1.96 bits per heavy atom. The van der Waals surface area contributed by atoms with Crippen LogP contribution in [0.4, 0.5) is 5.82 Å². The van der Waals surface area contributed by atoms with E-state index in [9.17, 15) is 8.42 Å². The van der Waals surface area contributed by atoms with Crippen LogP contribution in [-0.4, -0.2) is 50.7 Å². The van der Waals surface area contributed by atoms with Gasteiger partial charge in [-0.25, -0.2) is 17.7 Å². The molecule has 0 amide bonds. The van der Waals surface area contributed by atoms with Gasteiger partial charge < -0.3 is 10.1 Å². The Kier molecular flexibility index (Phi) is 4.91. The van der Waals surface area contributed by atoms with E-state index < -0.39 is 10.0 Å². The molecule has 2 aromatic rings. The number of methoxy groups -OCH3 is 1. The maximum Gasteiger partial charge on any atom is 0.211 e. The fraction of sp³-hybridized carbons (Fsp3) is 0.471. The standard InChI is InChI=1S/C17H23N3O3S/c1-23-15-5-3-14-4-6-17(19-16(14)11-15)18-12-13-7-9-20(10-8-13)24(2,21)22/h3-6,11,13H,7-10,12H2,1-2H3,(H,18,19). The van der Waals surface area contributed by atoms with Crippen LogP contribution in [0.1, 0.15) is 12.8 Å². The van der Waals surface area contributed by atoms with Crippen molar-refractivity contribution in [2.24, 2.45) is 5.92 Å². The first-order valence-corrected chi connectivity index (χ1v) is 9.94. The van der Waals surface area contributed by atoms with Gasteiger partial charge in [-0.15, -0.1) is 0 Å². The van der Waals surface area contributed by atoms with Crippen LogP contribution >= 0.6 is 0 Å². The zero-order valence-corrected chi connectivity index (χ0v) is 14.8. The Balaban J connectivity index is 1.60. The van der Waals surface area contributed by atoms with E-state index in [1.807, 2.05) is 30.3 Å². The Morgan fingerprint density at radius 3 is 2.62 bits per heavy atom. The topological polar surface area (TPSA) is 71.5 Å². The molecule has 1 N–H and O–H groups in total. The number of aromatic nitrogens is 1. The second kappa shape index (κ2) is 6.94. The minimum Gasteiger partial charge on any atom is -0.497 e. The van der Waals surface area contributed by atoms with E-state index in [2.05, 4.69) is 10.3 Å². The fourth-order valence-corrected chi connectivity index (χ4v) is 3.89. The maximum absolute atomic E-state index is 11.5. The summed E-state index contributed by atoms with van der Waals surface area (Å²) in [6.45, 7) is 2.02. The molecule has 0 bridgehead atoms. The molecule has 2 heterocycles. The molecule has 3 rings (SSSR count). The highest BCUT2D eigenvalue weighted by molar-refractivity contribution is 7.88. The molecular weight excluding hydrogens is 326 g/mol. The lowest BCUT2D eigenvalue weighted by molar-refractivity contribution is 0.283. The molecular formula is C17H23N3O3S. The monoisotopic (exact) mass is 349 g/mol. The summed E-state index contributed by atoms with van der Waals surface area (Å²) in [5, 5.41) is 4.45. The van der Waals surface area contributed by atoms with Crippen LogP contribution in [0.3, 0.4) is 0 Å². The van der Waals surface area contributed by atoms with Gasteiger partial charge in [-0.1, -0.05) is 0 Å². The number of sulfonamides is 1. The summed E-state index contributed by atoms with van der Waals surface area (Å²) < 4.78 is 29.9. The second-order valence-corrected chi connectivity index (χ2v) is 8.22. The van der Waals surface area contributed by atoms with Gasteiger partial charge in [0.05, 0.1) is 18.9 Å². The highest BCUT2D eigenvalue weighted by atomic mass is 32.2. The molecule has 0 atom stereocenters.